The molecular formula is C15H14FNO2. The second kappa shape index (κ2) is 4.55. The van der Waals surface area contributed by atoms with Gasteiger partial charge in [0.05, 0.1) is 6.26 Å². The van der Waals surface area contributed by atoms with Crippen LogP contribution in [0.25, 0.3) is 11.0 Å². The van der Waals surface area contributed by atoms with E-state index in [0.29, 0.717) is 11.3 Å². The fourth-order valence-corrected chi connectivity index (χ4v) is 2.26. The molecule has 0 aliphatic heterocycles. The first-order valence-electron chi connectivity index (χ1n) is 6.09. The fourth-order valence-electron chi connectivity index (χ4n) is 2.26. The molecule has 0 amide bonds. The topological polar surface area (TPSA) is 38.3 Å². The molecule has 0 spiro atoms. The van der Waals surface area contributed by atoms with Crippen LogP contribution in [0.4, 0.5) is 4.39 Å². The standard InChI is InChI=1S/C15H14FNO2/c1-9-5-6-18-15(9)14(17-2)13-8-10-7-11(16)3-4-12(10)19-13/h3-8,14,17H,1-2H3. The van der Waals surface area contributed by atoms with E-state index >= 15 is 0 Å². The molecule has 2 aromatic heterocycles. The lowest BCUT2D eigenvalue weighted by Crippen LogP contribution is -2.17. The molecule has 2 heterocycles. The minimum absolute atomic E-state index is 0.175. The van der Waals surface area contributed by atoms with Gasteiger partial charge in [-0.05, 0) is 49.9 Å². The SMILES string of the molecule is CNC(c1cc2cc(F)ccc2o1)c1occc1C. The third-order valence-electron chi connectivity index (χ3n) is 3.23. The number of fused-ring (bicyclic) bond motifs is 1. The van der Waals surface area contributed by atoms with Gasteiger partial charge in [0.25, 0.3) is 0 Å². The monoisotopic (exact) mass is 259 g/mol. The molecule has 3 rings (SSSR count). The quantitative estimate of drug-likeness (QED) is 0.777. The van der Waals surface area contributed by atoms with Crippen LogP contribution < -0.4 is 5.32 Å². The summed E-state index contributed by atoms with van der Waals surface area (Å²) in [5.74, 6) is 1.25. The van der Waals surface area contributed by atoms with Gasteiger partial charge in [0.2, 0.25) is 0 Å². The Balaban J connectivity index is 2.09. The first kappa shape index (κ1) is 12.0. The summed E-state index contributed by atoms with van der Waals surface area (Å²) >= 11 is 0. The number of benzene rings is 1. The van der Waals surface area contributed by atoms with Crippen molar-refractivity contribution in [3.05, 3.63) is 59.5 Å². The molecule has 0 radical (unpaired) electrons. The Morgan fingerprint density at radius 2 is 2.05 bits per heavy atom. The van der Waals surface area contributed by atoms with Crippen LogP contribution in [0.5, 0.6) is 0 Å². The van der Waals surface area contributed by atoms with Gasteiger partial charge in [-0.15, -0.1) is 0 Å². The Morgan fingerprint density at radius 1 is 1.21 bits per heavy atom. The van der Waals surface area contributed by atoms with E-state index in [2.05, 4.69) is 5.32 Å². The molecule has 0 aliphatic rings. The van der Waals surface area contributed by atoms with Crippen LogP contribution in [0.2, 0.25) is 0 Å². The van der Waals surface area contributed by atoms with Crippen molar-refractivity contribution in [2.24, 2.45) is 0 Å². The molecule has 0 aliphatic carbocycles. The molecule has 0 fully saturated rings. The van der Waals surface area contributed by atoms with Gasteiger partial charge in [0.15, 0.2) is 0 Å². The zero-order valence-electron chi connectivity index (χ0n) is 10.7. The third-order valence-corrected chi connectivity index (χ3v) is 3.23. The first-order chi connectivity index (χ1) is 9.19. The predicted octanol–water partition coefficient (Wildman–Crippen LogP) is 3.78. The molecule has 1 atom stereocenters. The van der Waals surface area contributed by atoms with Crippen LogP contribution in [0.15, 0.2) is 45.4 Å². The Hall–Kier alpha value is -2.07. The highest BCUT2D eigenvalue weighted by Gasteiger charge is 2.21. The smallest absolute Gasteiger partial charge is 0.134 e. The van der Waals surface area contributed by atoms with Crippen molar-refractivity contribution in [2.45, 2.75) is 13.0 Å². The van der Waals surface area contributed by atoms with Crippen LogP contribution >= 0.6 is 0 Å². The predicted molar refractivity (Wildman–Crippen MR) is 70.5 cm³/mol. The maximum atomic E-state index is 13.2. The average Bonchev–Trinajstić information content (AvgIpc) is 2.97. The van der Waals surface area contributed by atoms with Crippen molar-refractivity contribution in [3.8, 4) is 0 Å². The van der Waals surface area contributed by atoms with Gasteiger partial charge in [-0.3, -0.25) is 0 Å². The third kappa shape index (κ3) is 2.04. The molecule has 1 N–H and O–H groups in total. The Kier molecular flexibility index (Phi) is 2.87. The Labute approximate surface area is 110 Å². The van der Waals surface area contributed by atoms with Gasteiger partial charge in [0.1, 0.15) is 29.0 Å². The van der Waals surface area contributed by atoms with Gasteiger partial charge in [-0.25, -0.2) is 4.39 Å². The molecular weight excluding hydrogens is 245 g/mol. The Bertz CT molecular complexity index is 714. The van der Waals surface area contributed by atoms with Crippen molar-refractivity contribution < 1.29 is 13.2 Å². The van der Waals surface area contributed by atoms with E-state index in [4.69, 9.17) is 8.83 Å². The Morgan fingerprint density at radius 3 is 2.74 bits per heavy atom. The van der Waals surface area contributed by atoms with E-state index < -0.39 is 0 Å². The number of hydrogen-bond donors (Lipinski definition) is 1. The van der Waals surface area contributed by atoms with Gasteiger partial charge >= 0.3 is 0 Å². The normalized spacial score (nSPS) is 13.0. The largest absolute Gasteiger partial charge is 0.467 e. The fraction of sp³-hybridized carbons (Fsp3) is 0.200. The lowest BCUT2D eigenvalue weighted by molar-refractivity contribution is 0.412. The maximum Gasteiger partial charge on any atom is 0.134 e. The van der Waals surface area contributed by atoms with E-state index in [1.807, 2.05) is 26.1 Å². The molecule has 4 heteroatoms. The number of aryl methyl sites for hydroxylation is 1. The minimum atomic E-state index is -0.268. The van der Waals surface area contributed by atoms with E-state index in [9.17, 15) is 4.39 Å². The molecule has 0 saturated heterocycles. The molecule has 1 unspecified atom stereocenters. The average molecular weight is 259 g/mol. The number of furan rings is 2. The summed E-state index contributed by atoms with van der Waals surface area (Å²) in [4.78, 5) is 0. The molecule has 0 bridgehead atoms. The molecule has 19 heavy (non-hydrogen) atoms. The summed E-state index contributed by atoms with van der Waals surface area (Å²) in [7, 11) is 1.83. The van der Waals surface area contributed by atoms with Gasteiger partial charge in [-0.2, -0.15) is 0 Å². The van der Waals surface area contributed by atoms with Gasteiger partial charge in [0, 0.05) is 5.39 Å². The minimum Gasteiger partial charge on any atom is -0.467 e. The molecule has 3 aromatic rings. The van der Waals surface area contributed by atoms with Gasteiger partial charge < -0.3 is 14.2 Å². The molecule has 0 saturated carbocycles. The zero-order chi connectivity index (χ0) is 13.4. The van der Waals surface area contributed by atoms with Crippen molar-refractivity contribution >= 4 is 11.0 Å². The second-order valence-electron chi connectivity index (χ2n) is 4.52. The van der Waals surface area contributed by atoms with E-state index in [1.165, 1.54) is 12.1 Å². The van der Waals surface area contributed by atoms with E-state index in [1.54, 1.807) is 12.3 Å². The van der Waals surface area contributed by atoms with Crippen LogP contribution in [0, 0.1) is 12.7 Å². The van der Waals surface area contributed by atoms with Crippen molar-refractivity contribution in [3.63, 3.8) is 0 Å². The molecule has 3 nitrogen and oxygen atoms in total. The number of hydrogen-bond acceptors (Lipinski definition) is 3. The lowest BCUT2D eigenvalue weighted by Gasteiger charge is -2.11. The number of rotatable bonds is 3. The second-order valence-corrected chi connectivity index (χ2v) is 4.52. The summed E-state index contributed by atoms with van der Waals surface area (Å²) in [5, 5.41) is 3.91. The van der Waals surface area contributed by atoms with Crippen LogP contribution in [0.1, 0.15) is 23.1 Å². The summed E-state index contributed by atoms with van der Waals surface area (Å²) in [6.07, 6.45) is 1.65. The summed E-state index contributed by atoms with van der Waals surface area (Å²) < 4.78 is 24.5. The van der Waals surface area contributed by atoms with Crippen LogP contribution in [-0.4, -0.2) is 7.05 Å². The summed E-state index contributed by atoms with van der Waals surface area (Å²) in [6, 6.07) is 8.05. The number of nitrogens with one attached hydrogen (secondary N) is 1. The van der Waals surface area contributed by atoms with E-state index in [-0.39, 0.29) is 11.9 Å². The lowest BCUT2D eigenvalue weighted by atomic mass is 10.1. The molecule has 1 aromatic carbocycles. The summed E-state index contributed by atoms with van der Waals surface area (Å²) in [5.41, 5.74) is 1.71. The van der Waals surface area contributed by atoms with E-state index in [0.717, 1.165) is 16.7 Å². The highest BCUT2D eigenvalue weighted by Crippen LogP contribution is 2.30. The highest BCUT2D eigenvalue weighted by molar-refractivity contribution is 5.78. The highest BCUT2D eigenvalue weighted by atomic mass is 19.1. The van der Waals surface area contributed by atoms with Gasteiger partial charge in [-0.1, -0.05) is 0 Å². The van der Waals surface area contributed by atoms with Crippen LogP contribution in [-0.2, 0) is 0 Å². The zero-order valence-corrected chi connectivity index (χ0v) is 10.7. The summed E-state index contributed by atoms with van der Waals surface area (Å²) in [6.45, 7) is 1.98. The van der Waals surface area contributed by atoms with Crippen molar-refractivity contribution in [1.82, 2.24) is 5.32 Å². The first-order valence-corrected chi connectivity index (χ1v) is 6.09. The molecule has 98 valence electrons. The maximum absolute atomic E-state index is 13.2. The number of halogens is 1. The van der Waals surface area contributed by atoms with Crippen molar-refractivity contribution in [1.29, 1.82) is 0 Å². The van der Waals surface area contributed by atoms with Crippen molar-refractivity contribution in [2.75, 3.05) is 7.05 Å². The van der Waals surface area contributed by atoms with Crippen LogP contribution in [0.3, 0.4) is 0 Å².